The maximum Gasteiger partial charge on any atom is 0.249 e. The van der Waals surface area contributed by atoms with Crippen LogP contribution in [0.25, 0.3) is 0 Å². The first kappa shape index (κ1) is 20.4. The van der Waals surface area contributed by atoms with Gasteiger partial charge in [-0.15, -0.1) is 0 Å². The van der Waals surface area contributed by atoms with Crippen LogP contribution in [0.5, 0.6) is 0 Å². The zero-order valence-electron chi connectivity index (χ0n) is 18.4. The summed E-state index contributed by atoms with van der Waals surface area (Å²) >= 11 is 0. The minimum Gasteiger partial charge on any atom is -0.351 e. The maximum absolute atomic E-state index is 13.0. The van der Waals surface area contributed by atoms with Crippen molar-refractivity contribution in [1.82, 2.24) is 14.9 Å². The number of fused-ring (bicyclic) bond motifs is 1. The average Bonchev–Trinajstić information content (AvgIpc) is 3.25. The van der Waals surface area contributed by atoms with E-state index in [1.807, 2.05) is 13.2 Å². The van der Waals surface area contributed by atoms with Crippen LogP contribution in [0.15, 0.2) is 6.20 Å². The van der Waals surface area contributed by atoms with E-state index in [-0.39, 0.29) is 11.9 Å². The van der Waals surface area contributed by atoms with Crippen LogP contribution in [0.2, 0.25) is 0 Å². The fourth-order valence-electron chi connectivity index (χ4n) is 5.30. The molecule has 1 amide bonds. The van der Waals surface area contributed by atoms with E-state index in [4.69, 9.17) is 4.98 Å². The highest BCUT2D eigenvalue weighted by Crippen LogP contribution is 2.39. The molecule has 7 heteroatoms. The number of aromatic nitrogens is 2. The summed E-state index contributed by atoms with van der Waals surface area (Å²) in [5.41, 5.74) is 0.837. The highest BCUT2D eigenvalue weighted by Gasteiger charge is 2.41. The molecule has 2 fully saturated rings. The second-order valence-corrected chi connectivity index (χ2v) is 9.14. The number of carbonyl (C=O) groups is 1. The molecule has 160 valence electrons. The largest absolute Gasteiger partial charge is 0.351 e. The summed E-state index contributed by atoms with van der Waals surface area (Å²) < 4.78 is 0. The lowest BCUT2D eigenvalue weighted by Gasteiger charge is -2.43. The van der Waals surface area contributed by atoms with Crippen LogP contribution < -0.4 is 15.1 Å². The summed E-state index contributed by atoms with van der Waals surface area (Å²) in [5.74, 6) is 2.43. The highest BCUT2D eigenvalue weighted by atomic mass is 16.2. The fraction of sp³-hybridized carbons (Fsp3) is 0.773. The molecule has 7 nitrogen and oxygen atoms in total. The molecule has 4 rings (SSSR count). The Morgan fingerprint density at radius 3 is 2.52 bits per heavy atom. The zero-order valence-corrected chi connectivity index (χ0v) is 18.4. The first-order valence-electron chi connectivity index (χ1n) is 11.4. The van der Waals surface area contributed by atoms with Crippen molar-refractivity contribution in [2.24, 2.45) is 5.92 Å². The Bertz CT molecular complexity index is 726. The Kier molecular flexibility index (Phi) is 5.95. The molecule has 2 atom stereocenters. The minimum absolute atomic E-state index is 0.121. The van der Waals surface area contributed by atoms with Crippen molar-refractivity contribution < 1.29 is 4.79 Å². The molecule has 0 radical (unpaired) electrons. The Morgan fingerprint density at radius 2 is 1.86 bits per heavy atom. The van der Waals surface area contributed by atoms with Gasteiger partial charge in [0.05, 0.1) is 6.20 Å². The second kappa shape index (κ2) is 8.46. The van der Waals surface area contributed by atoms with Crippen molar-refractivity contribution in [1.29, 1.82) is 0 Å². The lowest BCUT2D eigenvalue weighted by molar-refractivity contribution is -0.120. The molecular weight excluding hydrogens is 364 g/mol. The van der Waals surface area contributed by atoms with Gasteiger partial charge in [0.25, 0.3) is 0 Å². The number of hydrogen-bond donors (Lipinski definition) is 1. The summed E-state index contributed by atoms with van der Waals surface area (Å²) in [7, 11) is 4.05. The number of amides is 1. The number of hydrogen-bond acceptors (Lipinski definition) is 6. The Labute approximate surface area is 174 Å². The number of rotatable bonds is 5. The molecule has 2 aliphatic heterocycles. The molecule has 1 aromatic heterocycles. The van der Waals surface area contributed by atoms with Crippen molar-refractivity contribution >= 4 is 23.4 Å². The smallest absolute Gasteiger partial charge is 0.249 e. The van der Waals surface area contributed by atoms with Gasteiger partial charge in [0, 0.05) is 19.1 Å². The van der Waals surface area contributed by atoms with Gasteiger partial charge in [0.15, 0.2) is 5.82 Å². The van der Waals surface area contributed by atoms with E-state index in [0.29, 0.717) is 23.9 Å². The molecule has 1 aromatic rings. The average molecular weight is 401 g/mol. The van der Waals surface area contributed by atoms with Crippen molar-refractivity contribution in [3.05, 3.63) is 6.20 Å². The third kappa shape index (κ3) is 3.93. The van der Waals surface area contributed by atoms with Crippen LogP contribution in [-0.4, -0.2) is 66.1 Å². The number of nitrogens with zero attached hydrogens (tertiary/aromatic N) is 5. The van der Waals surface area contributed by atoms with E-state index in [9.17, 15) is 4.79 Å². The molecule has 0 bridgehead atoms. The van der Waals surface area contributed by atoms with Crippen molar-refractivity contribution in [2.75, 3.05) is 42.3 Å². The molecule has 29 heavy (non-hydrogen) atoms. The van der Waals surface area contributed by atoms with E-state index in [2.05, 4.69) is 41.0 Å². The molecule has 0 aromatic carbocycles. The molecular formula is C22H36N6O. The molecule has 1 saturated carbocycles. The fourth-order valence-corrected chi connectivity index (χ4v) is 5.30. The van der Waals surface area contributed by atoms with Crippen molar-refractivity contribution in [3.63, 3.8) is 0 Å². The molecule has 1 aliphatic carbocycles. The number of nitrogens with one attached hydrogen (secondary N) is 1. The van der Waals surface area contributed by atoms with Gasteiger partial charge in [-0.25, -0.2) is 4.98 Å². The zero-order chi connectivity index (χ0) is 20.5. The van der Waals surface area contributed by atoms with E-state index in [1.165, 1.54) is 25.7 Å². The number of anilines is 3. The summed E-state index contributed by atoms with van der Waals surface area (Å²) in [5, 5.41) is 3.58. The molecule has 3 aliphatic rings. The summed E-state index contributed by atoms with van der Waals surface area (Å²) in [6.45, 7) is 6.66. The summed E-state index contributed by atoms with van der Waals surface area (Å²) in [4.78, 5) is 29.0. The third-order valence-electron chi connectivity index (χ3n) is 7.24. The summed E-state index contributed by atoms with van der Waals surface area (Å²) in [6, 6.07) is 0.627. The normalized spacial score (nSPS) is 25.4. The van der Waals surface area contributed by atoms with Gasteiger partial charge >= 0.3 is 0 Å². The number of piperidine rings is 1. The molecule has 0 spiro atoms. The third-order valence-corrected chi connectivity index (χ3v) is 7.24. The van der Waals surface area contributed by atoms with Crippen LogP contribution in [0.3, 0.4) is 0 Å². The molecule has 0 unspecified atom stereocenters. The lowest BCUT2D eigenvalue weighted by Crippen LogP contribution is -2.55. The van der Waals surface area contributed by atoms with Crippen LogP contribution in [0, 0.1) is 5.92 Å². The molecule has 3 heterocycles. The van der Waals surface area contributed by atoms with Gasteiger partial charge in [-0.05, 0) is 65.1 Å². The quantitative estimate of drug-likeness (QED) is 0.819. The first-order valence-corrected chi connectivity index (χ1v) is 11.4. The second-order valence-electron chi connectivity index (χ2n) is 9.14. The van der Waals surface area contributed by atoms with Crippen LogP contribution in [0.1, 0.15) is 58.8 Å². The van der Waals surface area contributed by atoms with Gasteiger partial charge in [-0.1, -0.05) is 19.8 Å². The van der Waals surface area contributed by atoms with Crippen LogP contribution >= 0.6 is 0 Å². The number of likely N-dealkylation sites (tertiary alicyclic amines) is 1. The maximum atomic E-state index is 13.0. The highest BCUT2D eigenvalue weighted by molar-refractivity contribution is 6.04. The van der Waals surface area contributed by atoms with E-state index >= 15 is 0 Å². The van der Waals surface area contributed by atoms with Gasteiger partial charge in [0.2, 0.25) is 11.9 Å². The van der Waals surface area contributed by atoms with Gasteiger partial charge < -0.3 is 20.0 Å². The Balaban J connectivity index is 1.59. The minimum atomic E-state index is -0.121. The SMILES string of the molecule is CC[C@@H]1C(=O)N(C)c2cnc(N[C@@H](C)C3CCN(C)CC3)nc2N1C1CCCC1. The van der Waals surface area contributed by atoms with Crippen molar-refractivity contribution in [2.45, 2.75) is 76.9 Å². The van der Waals surface area contributed by atoms with Crippen LogP contribution in [0.4, 0.5) is 17.5 Å². The van der Waals surface area contributed by atoms with Crippen molar-refractivity contribution in [3.8, 4) is 0 Å². The van der Waals surface area contributed by atoms with Crippen LogP contribution in [-0.2, 0) is 4.79 Å². The molecule has 1 saturated heterocycles. The Hall–Kier alpha value is -1.89. The lowest BCUT2D eigenvalue weighted by atomic mass is 9.91. The predicted octanol–water partition coefficient (Wildman–Crippen LogP) is 3.12. The van der Waals surface area contributed by atoms with E-state index in [1.54, 1.807) is 4.90 Å². The van der Waals surface area contributed by atoms with E-state index in [0.717, 1.165) is 43.9 Å². The van der Waals surface area contributed by atoms with Gasteiger partial charge in [0.1, 0.15) is 11.7 Å². The van der Waals surface area contributed by atoms with Gasteiger partial charge in [-0.3, -0.25) is 4.79 Å². The first-order chi connectivity index (χ1) is 14.0. The van der Waals surface area contributed by atoms with Gasteiger partial charge in [-0.2, -0.15) is 4.98 Å². The number of likely N-dealkylation sites (N-methyl/N-ethyl adjacent to an activating group) is 1. The standard InChI is InChI=1S/C22H36N6O/c1-5-18-21(29)27(4)19-14-23-22(24-15(2)16-10-12-26(3)13-11-16)25-20(19)28(18)17-8-6-7-9-17/h14-18H,5-13H2,1-4H3,(H,23,24,25)/t15-,18+/m0/s1. The number of carbonyl (C=O) groups excluding carboxylic acids is 1. The predicted molar refractivity (Wildman–Crippen MR) is 118 cm³/mol. The van der Waals surface area contributed by atoms with E-state index < -0.39 is 0 Å². The summed E-state index contributed by atoms with van der Waals surface area (Å²) in [6.07, 6.45) is 9.81. The topological polar surface area (TPSA) is 64.6 Å². The Morgan fingerprint density at radius 1 is 1.17 bits per heavy atom. The molecule has 1 N–H and O–H groups in total. The monoisotopic (exact) mass is 400 g/mol.